The number of aryl methyl sites for hydroxylation is 1. The van der Waals surface area contributed by atoms with Crippen LogP contribution in [0.1, 0.15) is 29.0 Å². The van der Waals surface area contributed by atoms with Crippen molar-refractivity contribution in [3.05, 3.63) is 59.2 Å². The van der Waals surface area contributed by atoms with Crippen molar-refractivity contribution in [2.24, 2.45) is 0 Å². The Bertz CT molecular complexity index is 571. The van der Waals surface area contributed by atoms with Gasteiger partial charge in [0.25, 0.3) is 0 Å². The van der Waals surface area contributed by atoms with Crippen LogP contribution in [-0.2, 0) is 0 Å². The lowest BCUT2D eigenvalue weighted by molar-refractivity contribution is 0.278. The quantitative estimate of drug-likeness (QED) is 0.883. The summed E-state index contributed by atoms with van der Waals surface area (Å²) >= 11 is 0. The van der Waals surface area contributed by atoms with E-state index in [1.807, 2.05) is 30.3 Å². The first-order chi connectivity index (χ1) is 10.2. The molecule has 0 heterocycles. The highest BCUT2D eigenvalue weighted by atomic mass is 16.5. The molecular formula is C18H22O3. The van der Waals surface area contributed by atoms with Crippen LogP contribution >= 0.6 is 0 Å². The Morgan fingerprint density at radius 3 is 2.10 bits per heavy atom. The molecule has 0 aliphatic heterocycles. The second-order valence-electron chi connectivity index (χ2n) is 5.00. The summed E-state index contributed by atoms with van der Waals surface area (Å²) in [6, 6.07) is 14.0. The van der Waals surface area contributed by atoms with Crippen molar-refractivity contribution in [2.45, 2.75) is 19.3 Å². The summed E-state index contributed by atoms with van der Waals surface area (Å²) in [5.74, 6) is 1.62. The Morgan fingerprint density at radius 1 is 0.952 bits per heavy atom. The minimum Gasteiger partial charge on any atom is -0.496 e. The third kappa shape index (κ3) is 3.19. The maximum atomic E-state index is 9.50. The van der Waals surface area contributed by atoms with Crippen LogP contribution in [0.5, 0.6) is 11.5 Å². The van der Waals surface area contributed by atoms with Crippen LogP contribution in [0.25, 0.3) is 0 Å². The first-order valence-corrected chi connectivity index (χ1v) is 7.10. The molecule has 112 valence electrons. The monoisotopic (exact) mass is 286 g/mol. The lowest BCUT2D eigenvalue weighted by Gasteiger charge is -2.23. The summed E-state index contributed by atoms with van der Waals surface area (Å²) in [6.45, 7) is 2.20. The van der Waals surface area contributed by atoms with Gasteiger partial charge in [-0.1, -0.05) is 30.3 Å². The first kappa shape index (κ1) is 15.4. The van der Waals surface area contributed by atoms with Gasteiger partial charge in [-0.25, -0.2) is 0 Å². The Balaban J connectivity index is 2.61. The molecule has 0 aliphatic rings. The van der Waals surface area contributed by atoms with E-state index >= 15 is 0 Å². The van der Waals surface area contributed by atoms with Gasteiger partial charge in [-0.3, -0.25) is 0 Å². The molecular weight excluding hydrogens is 264 g/mol. The van der Waals surface area contributed by atoms with Crippen molar-refractivity contribution in [1.82, 2.24) is 0 Å². The zero-order valence-electron chi connectivity index (χ0n) is 12.8. The van der Waals surface area contributed by atoms with E-state index in [-0.39, 0.29) is 12.5 Å². The SMILES string of the molecule is COc1cccc(OC)c1C(CCO)c1ccccc1C. The van der Waals surface area contributed by atoms with Crippen LogP contribution < -0.4 is 9.47 Å². The molecule has 0 saturated heterocycles. The Hall–Kier alpha value is -2.00. The molecule has 0 fully saturated rings. The molecule has 0 bridgehead atoms. The topological polar surface area (TPSA) is 38.7 Å². The van der Waals surface area contributed by atoms with Crippen LogP contribution in [0.15, 0.2) is 42.5 Å². The smallest absolute Gasteiger partial charge is 0.126 e. The molecule has 1 N–H and O–H groups in total. The molecule has 2 rings (SSSR count). The number of aliphatic hydroxyl groups is 1. The fourth-order valence-corrected chi connectivity index (χ4v) is 2.79. The molecule has 21 heavy (non-hydrogen) atoms. The van der Waals surface area contributed by atoms with Gasteiger partial charge in [0.05, 0.1) is 14.2 Å². The predicted molar refractivity (Wildman–Crippen MR) is 84.3 cm³/mol. The van der Waals surface area contributed by atoms with Crippen molar-refractivity contribution < 1.29 is 14.6 Å². The van der Waals surface area contributed by atoms with Gasteiger partial charge >= 0.3 is 0 Å². The second-order valence-corrected chi connectivity index (χ2v) is 5.00. The van der Waals surface area contributed by atoms with Crippen molar-refractivity contribution in [3.63, 3.8) is 0 Å². The summed E-state index contributed by atoms with van der Waals surface area (Å²) in [7, 11) is 3.32. The molecule has 1 unspecified atom stereocenters. The van der Waals surface area contributed by atoms with Crippen LogP contribution in [0.2, 0.25) is 0 Å². The standard InChI is InChI=1S/C18H22O3/c1-13-7-4-5-8-14(13)15(11-12-19)18-16(20-2)9-6-10-17(18)21-3/h4-10,15,19H,11-12H2,1-3H3. The zero-order valence-corrected chi connectivity index (χ0v) is 12.8. The van der Waals surface area contributed by atoms with Gasteiger partial charge in [0.15, 0.2) is 0 Å². The molecule has 2 aromatic carbocycles. The summed E-state index contributed by atoms with van der Waals surface area (Å²) in [4.78, 5) is 0. The number of rotatable bonds is 6. The number of aliphatic hydroxyl groups excluding tert-OH is 1. The van der Waals surface area contributed by atoms with Gasteiger partial charge in [-0.2, -0.15) is 0 Å². The number of hydrogen-bond acceptors (Lipinski definition) is 3. The molecule has 2 aromatic rings. The average molecular weight is 286 g/mol. The van der Waals surface area contributed by atoms with E-state index in [4.69, 9.17) is 9.47 Å². The molecule has 0 aromatic heterocycles. The van der Waals surface area contributed by atoms with E-state index in [0.29, 0.717) is 6.42 Å². The molecule has 0 amide bonds. The number of methoxy groups -OCH3 is 2. The number of benzene rings is 2. The maximum absolute atomic E-state index is 9.50. The second kappa shape index (κ2) is 7.14. The molecule has 3 heteroatoms. The van der Waals surface area contributed by atoms with Gasteiger partial charge in [-0.05, 0) is 36.6 Å². The van der Waals surface area contributed by atoms with Crippen molar-refractivity contribution in [1.29, 1.82) is 0 Å². The van der Waals surface area contributed by atoms with E-state index in [1.165, 1.54) is 11.1 Å². The van der Waals surface area contributed by atoms with Crippen LogP contribution in [-0.4, -0.2) is 25.9 Å². The molecule has 0 radical (unpaired) electrons. The first-order valence-electron chi connectivity index (χ1n) is 7.10. The third-order valence-corrected chi connectivity index (χ3v) is 3.80. The Kier molecular flexibility index (Phi) is 5.23. The molecule has 0 aliphatic carbocycles. The van der Waals surface area contributed by atoms with Crippen molar-refractivity contribution in [2.75, 3.05) is 20.8 Å². The fourth-order valence-electron chi connectivity index (χ4n) is 2.79. The summed E-state index contributed by atoms with van der Waals surface area (Å²) in [5.41, 5.74) is 3.38. The average Bonchev–Trinajstić information content (AvgIpc) is 2.52. The van der Waals surface area contributed by atoms with Crippen molar-refractivity contribution >= 4 is 0 Å². The highest BCUT2D eigenvalue weighted by Gasteiger charge is 2.23. The lowest BCUT2D eigenvalue weighted by atomic mass is 9.85. The largest absolute Gasteiger partial charge is 0.496 e. The van der Waals surface area contributed by atoms with Crippen LogP contribution in [0.4, 0.5) is 0 Å². The van der Waals surface area contributed by atoms with Gasteiger partial charge in [-0.15, -0.1) is 0 Å². The van der Waals surface area contributed by atoms with E-state index in [1.54, 1.807) is 14.2 Å². The van der Waals surface area contributed by atoms with Crippen LogP contribution in [0.3, 0.4) is 0 Å². The van der Waals surface area contributed by atoms with E-state index < -0.39 is 0 Å². The number of hydrogen-bond donors (Lipinski definition) is 1. The fraction of sp³-hybridized carbons (Fsp3) is 0.333. The maximum Gasteiger partial charge on any atom is 0.126 e. The number of ether oxygens (including phenoxy) is 2. The lowest BCUT2D eigenvalue weighted by Crippen LogP contribution is -2.09. The summed E-state index contributed by atoms with van der Waals surface area (Å²) in [5, 5.41) is 9.50. The molecule has 0 saturated carbocycles. The molecule has 0 spiro atoms. The highest BCUT2D eigenvalue weighted by Crippen LogP contribution is 2.41. The zero-order chi connectivity index (χ0) is 15.2. The Morgan fingerprint density at radius 2 is 1.57 bits per heavy atom. The van der Waals surface area contributed by atoms with Gasteiger partial charge in [0.1, 0.15) is 11.5 Å². The van der Waals surface area contributed by atoms with Gasteiger partial charge < -0.3 is 14.6 Å². The highest BCUT2D eigenvalue weighted by molar-refractivity contribution is 5.52. The van der Waals surface area contributed by atoms with Gasteiger partial charge in [0, 0.05) is 18.1 Å². The Labute approximate surface area is 126 Å². The molecule has 1 atom stereocenters. The minimum absolute atomic E-state index is 0.0438. The van der Waals surface area contributed by atoms with E-state index in [0.717, 1.165) is 17.1 Å². The van der Waals surface area contributed by atoms with E-state index in [9.17, 15) is 5.11 Å². The van der Waals surface area contributed by atoms with E-state index in [2.05, 4.69) is 19.1 Å². The minimum atomic E-state index is 0.0438. The third-order valence-electron chi connectivity index (χ3n) is 3.80. The van der Waals surface area contributed by atoms with Gasteiger partial charge in [0.2, 0.25) is 0 Å². The predicted octanol–water partition coefficient (Wildman–Crippen LogP) is 3.53. The summed E-state index contributed by atoms with van der Waals surface area (Å²) < 4.78 is 11.0. The normalized spacial score (nSPS) is 12.0. The van der Waals surface area contributed by atoms with Crippen molar-refractivity contribution in [3.8, 4) is 11.5 Å². The van der Waals surface area contributed by atoms with Crippen LogP contribution in [0, 0.1) is 6.92 Å². The molecule has 3 nitrogen and oxygen atoms in total. The summed E-state index contributed by atoms with van der Waals surface area (Å²) in [6.07, 6.45) is 0.627.